The molecule has 0 spiro atoms. The highest BCUT2D eigenvalue weighted by Crippen LogP contribution is 2.09. The van der Waals surface area contributed by atoms with Crippen molar-refractivity contribution in [3.63, 3.8) is 0 Å². The van der Waals surface area contributed by atoms with Crippen molar-refractivity contribution in [3.05, 3.63) is 0 Å². The van der Waals surface area contributed by atoms with Crippen molar-refractivity contribution in [2.24, 2.45) is 0 Å². The van der Waals surface area contributed by atoms with Crippen LogP contribution >= 0.6 is 0 Å². The van der Waals surface area contributed by atoms with E-state index in [0.29, 0.717) is 13.0 Å². The molecule has 2 amide bonds. The number of carbonyl (C=O) groups is 4. The monoisotopic (exact) mass is 343 g/mol. The Balaban J connectivity index is 2.31. The van der Waals surface area contributed by atoms with Crippen LogP contribution in [0.15, 0.2) is 0 Å². The number of nitrogens with one attached hydrogen (secondary N) is 3. The maximum atomic E-state index is 12.0. The number of esters is 2. The van der Waals surface area contributed by atoms with Gasteiger partial charge in [0, 0.05) is 12.8 Å². The van der Waals surface area contributed by atoms with Crippen molar-refractivity contribution in [2.45, 2.75) is 44.2 Å². The summed E-state index contributed by atoms with van der Waals surface area (Å²) >= 11 is 0. The average molecular weight is 343 g/mol. The van der Waals surface area contributed by atoms with Crippen molar-refractivity contribution in [2.75, 3.05) is 27.3 Å². The SMILES string of the molecule is CNCCCOC(=O)CCC1NC(=O)C(CCC(=O)OC)NC1=O. The topological polar surface area (TPSA) is 123 Å². The van der Waals surface area contributed by atoms with Gasteiger partial charge in [-0.25, -0.2) is 0 Å². The van der Waals surface area contributed by atoms with E-state index in [0.717, 1.165) is 6.54 Å². The average Bonchev–Trinajstić information content (AvgIpc) is 2.57. The van der Waals surface area contributed by atoms with Gasteiger partial charge in [-0.15, -0.1) is 0 Å². The smallest absolute Gasteiger partial charge is 0.305 e. The Morgan fingerprint density at radius 2 is 1.58 bits per heavy atom. The van der Waals surface area contributed by atoms with E-state index in [4.69, 9.17) is 4.74 Å². The molecule has 0 aromatic carbocycles. The van der Waals surface area contributed by atoms with Gasteiger partial charge in [0.25, 0.3) is 0 Å². The van der Waals surface area contributed by atoms with Crippen LogP contribution in [0.25, 0.3) is 0 Å². The maximum Gasteiger partial charge on any atom is 0.305 e. The molecule has 1 saturated heterocycles. The predicted molar refractivity (Wildman–Crippen MR) is 83.8 cm³/mol. The number of hydrogen-bond donors (Lipinski definition) is 3. The number of rotatable bonds is 10. The number of carbonyl (C=O) groups excluding carboxylic acids is 4. The van der Waals surface area contributed by atoms with E-state index in [1.165, 1.54) is 7.11 Å². The van der Waals surface area contributed by atoms with Crippen LogP contribution in [0.5, 0.6) is 0 Å². The zero-order valence-electron chi connectivity index (χ0n) is 14.1. The summed E-state index contributed by atoms with van der Waals surface area (Å²) in [6.07, 6.45) is 1.14. The normalized spacial score (nSPS) is 20.1. The summed E-state index contributed by atoms with van der Waals surface area (Å²) in [5.41, 5.74) is 0. The summed E-state index contributed by atoms with van der Waals surface area (Å²) in [7, 11) is 3.07. The van der Waals surface area contributed by atoms with Crippen LogP contribution in [0.3, 0.4) is 0 Å². The highest BCUT2D eigenvalue weighted by molar-refractivity contribution is 5.97. The molecule has 136 valence electrons. The van der Waals surface area contributed by atoms with Gasteiger partial charge in [0.15, 0.2) is 0 Å². The van der Waals surface area contributed by atoms with E-state index in [1.807, 2.05) is 7.05 Å². The van der Waals surface area contributed by atoms with Gasteiger partial charge in [-0.1, -0.05) is 0 Å². The minimum Gasteiger partial charge on any atom is -0.469 e. The Bertz CT molecular complexity index is 468. The zero-order chi connectivity index (χ0) is 17.9. The second-order valence-corrected chi connectivity index (χ2v) is 5.45. The van der Waals surface area contributed by atoms with Gasteiger partial charge in [-0.3, -0.25) is 19.2 Å². The summed E-state index contributed by atoms with van der Waals surface area (Å²) in [6.45, 7) is 1.07. The van der Waals surface area contributed by atoms with Gasteiger partial charge in [-0.05, 0) is 32.9 Å². The fraction of sp³-hybridized carbons (Fsp3) is 0.733. The Morgan fingerprint density at radius 1 is 1.04 bits per heavy atom. The third kappa shape index (κ3) is 6.95. The molecule has 0 aromatic heterocycles. The second kappa shape index (κ2) is 10.6. The Kier molecular flexibility index (Phi) is 8.77. The molecule has 1 rings (SSSR count). The van der Waals surface area contributed by atoms with Crippen molar-refractivity contribution in [1.82, 2.24) is 16.0 Å². The Labute approximate surface area is 140 Å². The number of methoxy groups -OCH3 is 1. The molecule has 0 bridgehead atoms. The van der Waals surface area contributed by atoms with Crippen LogP contribution in [-0.2, 0) is 28.7 Å². The van der Waals surface area contributed by atoms with Gasteiger partial charge in [0.1, 0.15) is 12.1 Å². The number of amides is 2. The van der Waals surface area contributed by atoms with Crippen LogP contribution in [0.4, 0.5) is 0 Å². The Hall–Kier alpha value is -2.16. The minimum atomic E-state index is -0.767. The predicted octanol–water partition coefficient (Wildman–Crippen LogP) is -1.14. The molecule has 24 heavy (non-hydrogen) atoms. The first-order valence-corrected chi connectivity index (χ1v) is 7.95. The molecule has 2 unspecified atom stereocenters. The minimum absolute atomic E-state index is 0.0402. The molecule has 2 atom stereocenters. The summed E-state index contributed by atoms with van der Waals surface area (Å²) in [6, 6.07) is -1.53. The quantitative estimate of drug-likeness (QED) is 0.338. The van der Waals surface area contributed by atoms with Gasteiger partial charge in [-0.2, -0.15) is 0 Å². The maximum absolute atomic E-state index is 12.0. The molecular formula is C15H25N3O6. The lowest BCUT2D eigenvalue weighted by atomic mass is 10.0. The summed E-state index contributed by atoms with van der Waals surface area (Å²) in [4.78, 5) is 46.6. The lowest BCUT2D eigenvalue weighted by Crippen LogP contribution is -2.61. The molecule has 0 saturated carbocycles. The molecule has 1 aliphatic heterocycles. The van der Waals surface area contributed by atoms with Gasteiger partial charge in [0.2, 0.25) is 11.8 Å². The van der Waals surface area contributed by atoms with Crippen LogP contribution in [0.2, 0.25) is 0 Å². The lowest BCUT2D eigenvalue weighted by molar-refractivity contribution is -0.145. The van der Waals surface area contributed by atoms with E-state index in [2.05, 4.69) is 20.7 Å². The fourth-order valence-electron chi connectivity index (χ4n) is 2.22. The molecule has 1 heterocycles. The molecule has 0 aromatic rings. The van der Waals surface area contributed by atoms with Crippen molar-refractivity contribution < 1.29 is 28.7 Å². The first-order chi connectivity index (χ1) is 11.5. The van der Waals surface area contributed by atoms with Crippen LogP contribution < -0.4 is 16.0 Å². The summed E-state index contributed by atoms with van der Waals surface area (Å²) < 4.78 is 9.52. The molecule has 1 fully saturated rings. The highest BCUT2D eigenvalue weighted by atomic mass is 16.5. The molecule has 3 N–H and O–H groups in total. The van der Waals surface area contributed by atoms with Gasteiger partial charge < -0.3 is 25.4 Å². The van der Waals surface area contributed by atoms with E-state index >= 15 is 0 Å². The fourth-order valence-corrected chi connectivity index (χ4v) is 2.22. The van der Waals surface area contributed by atoms with Crippen molar-refractivity contribution in [3.8, 4) is 0 Å². The third-order valence-corrected chi connectivity index (χ3v) is 3.60. The lowest BCUT2D eigenvalue weighted by Gasteiger charge is -2.29. The first-order valence-electron chi connectivity index (χ1n) is 7.95. The van der Waals surface area contributed by atoms with Crippen LogP contribution in [-0.4, -0.2) is 63.1 Å². The Morgan fingerprint density at radius 3 is 2.08 bits per heavy atom. The molecule has 0 radical (unpaired) electrons. The second-order valence-electron chi connectivity index (χ2n) is 5.45. The van der Waals surface area contributed by atoms with E-state index in [1.54, 1.807) is 0 Å². The van der Waals surface area contributed by atoms with Crippen LogP contribution in [0, 0.1) is 0 Å². The molecule has 9 nitrogen and oxygen atoms in total. The highest BCUT2D eigenvalue weighted by Gasteiger charge is 2.33. The summed E-state index contributed by atoms with van der Waals surface area (Å²) in [5, 5.41) is 8.07. The van der Waals surface area contributed by atoms with Crippen molar-refractivity contribution in [1.29, 1.82) is 0 Å². The van der Waals surface area contributed by atoms with Gasteiger partial charge in [0.05, 0.1) is 13.7 Å². The van der Waals surface area contributed by atoms with E-state index < -0.39 is 24.0 Å². The zero-order valence-corrected chi connectivity index (χ0v) is 14.1. The van der Waals surface area contributed by atoms with Crippen LogP contribution in [0.1, 0.15) is 32.1 Å². The third-order valence-electron chi connectivity index (χ3n) is 3.60. The number of ether oxygens (including phenoxy) is 2. The van der Waals surface area contributed by atoms with E-state index in [-0.39, 0.29) is 37.5 Å². The van der Waals surface area contributed by atoms with E-state index in [9.17, 15) is 19.2 Å². The molecular weight excluding hydrogens is 318 g/mol. The molecule has 9 heteroatoms. The molecule has 1 aliphatic rings. The molecule has 0 aliphatic carbocycles. The summed E-state index contributed by atoms with van der Waals surface area (Å²) in [5.74, 6) is -1.58. The van der Waals surface area contributed by atoms with Crippen molar-refractivity contribution >= 4 is 23.8 Å². The van der Waals surface area contributed by atoms with Gasteiger partial charge >= 0.3 is 11.9 Å². The number of hydrogen-bond acceptors (Lipinski definition) is 7. The first kappa shape index (κ1) is 19.9. The standard InChI is InChI=1S/C15H25N3O6/c1-16-8-3-9-24-13(20)7-5-11-15(22)17-10(14(21)18-11)4-6-12(19)23-2/h10-11,16H,3-9H2,1-2H3,(H,17,22)(H,18,21). The largest absolute Gasteiger partial charge is 0.469 e. The number of piperazine rings is 1.